The fraction of sp³-hybridized carbons (Fsp3) is 0.211. The van der Waals surface area contributed by atoms with E-state index in [1.807, 2.05) is 25.1 Å². The second kappa shape index (κ2) is 8.53. The first-order valence-electron chi connectivity index (χ1n) is 7.87. The number of nitrogens with one attached hydrogen (secondary N) is 1. The minimum Gasteiger partial charge on any atom is -0.493 e. The van der Waals surface area contributed by atoms with Crippen molar-refractivity contribution in [2.45, 2.75) is 11.8 Å². The first kappa shape index (κ1) is 19.5. The van der Waals surface area contributed by atoms with Gasteiger partial charge in [0, 0.05) is 6.26 Å². The molecule has 0 aromatic heterocycles. The highest BCUT2D eigenvalue weighted by Gasteiger charge is 2.15. The van der Waals surface area contributed by atoms with Crippen molar-refractivity contribution in [3.05, 3.63) is 54.1 Å². The lowest BCUT2D eigenvalue weighted by Crippen LogP contribution is -2.21. The van der Waals surface area contributed by atoms with E-state index in [0.717, 1.165) is 11.8 Å². The molecular formula is C19H21NO5S. The molecule has 6 nitrogen and oxygen atoms in total. The molecule has 0 aliphatic heterocycles. The fourth-order valence-corrected chi connectivity index (χ4v) is 3.17. The van der Waals surface area contributed by atoms with E-state index >= 15 is 0 Å². The van der Waals surface area contributed by atoms with Crippen LogP contribution in [-0.4, -0.2) is 34.3 Å². The zero-order valence-electron chi connectivity index (χ0n) is 14.9. The van der Waals surface area contributed by atoms with Crippen molar-refractivity contribution in [3.8, 4) is 11.5 Å². The summed E-state index contributed by atoms with van der Waals surface area (Å²) in [6.07, 6.45) is 4.91. The molecule has 0 unspecified atom stereocenters. The van der Waals surface area contributed by atoms with Crippen molar-refractivity contribution in [3.63, 3.8) is 0 Å². The highest BCUT2D eigenvalue weighted by Crippen LogP contribution is 2.28. The largest absolute Gasteiger partial charge is 0.493 e. The molecule has 2 rings (SSSR count). The summed E-state index contributed by atoms with van der Waals surface area (Å²) >= 11 is 0. The highest BCUT2D eigenvalue weighted by atomic mass is 32.2. The van der Waals surface area contributed by atoms with Gasteiger partial charge in [0.05, 0.1) is 17.7 Å². The molecule has 0 fully saturated rings. The van der Waals surface area contributed by atoms with Gasteiger partial charge < -0.3 is 14.8 Å². The second-order valence-electron chi connectivity index (χ2n) is 5.52. The summed E-state index contributed by atoms with van der Waals surface area (Å²) < 4.78 is 34.3. The molecule has 2 aromatic carbocycles. The number of hydrogen-bond donors (Lipinski definition) is 1. The van der Waals surface area contributed by atoms with Crippen LogP contribution < -0.4 is 14.8 Å². The summed E-state index contributed by atoms with van der Waals surface area (Å²) in [6, 6.07) is 11.6. The Hall–Kier alpha value is -2.80. The van der Waals surface area contributed by atoms with Gasteiger partial charge in [-0.15, -0.1) is 0 Å². The lowest BCUT2D eigenvalue weighted by molar-refractivity contribution is -0.118. The van der Waals surface area contributed by atoms with E-state index in [2.05, 4.69) is 5.32 Å². The van der Waals surface area contributed by atoms with E-state index in [1.54, 1.807) is 24.3 Å². The Morgan fingerprint density at radius 3 is 2.54 bits per heavy atom. The summed E-state index contributed by atoms with van der Waals surface area (Å²) in [5, 5.41) is 2.56. The summed E-state index contributed by atoms with van der Waals surface area (Å²) in [6.45, 7) is 1.63. The third kappa shape index (κ3) is 5.10. The maximum atomic E-state index is 12.2. The summed E-state index contributed by atoms with van der Waals surface area (Å²) in [7, 11) is -1.93. The van der Waals surface area contributed by atoms with E-state index < -0.39 is 15.7 Å². The Labute approximate surface area is 153 Å². The number of benzene rings is 2. The van der Waals surface area contributed by atoms with E-state index in [4.69, 9.17) is 9.47 Å². The zero-order valence-corrected chi connectivity index (χ0v) is 15.7. The minimum absolute atomic E-state index is 0.0571. The number of rotatable bonds is 7. The van der Waals surface area contributed by atoms with Gasteiger partial charge in [0.1, 0.15) is 0 Å². The van der Waals surface area contributed by atoms with Crippen molar-refractivity contribution >= 4 is 27.5 Å². The van der Waals surface area contributed by atoms with Crippen LogP contribution in [0.25, 0.3) is 6.08 Å². The number of sulfone groups is 1. The van der Waals surface area contributed by atoms with Gasteiger partial charge in [0.15, 0.2) is 27.9 Å². The second-order valence-corrected chi connectivity index (χ2v) is 7.50. The van der Waals surface area contributed by atoms with Crippen LogP contribution in [0.4, 0.5) is 5.69 Å². The number of anilines is 1. The Kier molecular flexibility index (Phi) is 6.41. The number of ether oxygens (including phenoxy) is 2. The molecule has 0 saturated carbocycles. The zero-order chi connectivity index (χ0) is 19.2. The lowest BCUT2D eigenvalue weighted by Gasteiger charge is -2.13. The Morgan fingerprint density at radius 1 is 1.15 bits per heavy atom. The van der Waals surface area contributed by atoms with Gasteiger partial charge in [-0.2, -0.15) is 0 Å². The molecule has 1 N–H and O–H groups in total. The third-order valence-electron chi connectivity index (χ3n) is 3.47. The molecule has 0 atom stereocenters. The van der Waals surface area contributed by atoms with Crippen molar-refractivity contribution in [2.75, 3.05) is 25.3 Å². The van der Waals surface area contributed by atoms with Crippen LogP contribution in [0, 0.1) is 0 Å². The molecule has 0 bridgehead atoms. The maximum absolute atomic E-state index is 12.2. The van der Waals surface area contributed by atoms with Crippen molar-refractivity contribution < 1.29 is 22.7 Å². The van der Waals surface area contributed by atoms with Crippen LogP contribution in [0.15, 0.2) is 53.4 Å². The molecule has 0 saturated heterocycles. The number of amides is 1. The first-order valence-corrected chi connectivity index (χ1v) is 9.76. The van der Waals surface area contributed by atoms with Crippen LogP contribution in [0.2, 0.25) is 0 Å². The molecule has 7 heteroatoms. The third-order valence-corrected chi connectivity index (χ3v) is 4.62. The van der Waals surface area contributed by atoms with E-state index in [1.165, 1.54) is 19.2 Å². The monoisotopic (exact) mass is 375 g/mol. The minimum atomic E-state index is -3.45. The van der Waals surface area contributed by atoms with Gasteiger partial charge in [0.25, 0.3) is 5.91 Å². The standard InChI is InChI=1S/C19H21NO5S/c1-4-7-14-10-11-16(17(12-14)24-2)25-13-19(21)20-15-8-5-6-9-18(15)26(3,22)23/h4-12H,13H2,1-3H3,(H,20,21)/b7-4+. The molecular weight excluding hydrogens is 354 g/mol. The topological polar surface area (TPSA) is 81.7 Å². The first-order chi connectivity index (χ1) is 12.3. The molecule has 0 heterocycles. The van der Waals surface area contributed by atoms with Crippen LogP contribution in [0.1, 0.15) is 12.5 Å². The highest BCUT2D eigenvalue weighted by molar-refractivity contribution is 7.90. The molecule has 2 aromatic rings. The molecule has 26 heavy (non-hydrogen) atoms. The van der Waals surface area contributed by atoms with Gasteiger partial charge in [-0.25, -0.2) is 8.42 Å². The normalized spacial score (nSPS) is 11.3. The van der Waals surface area contributed by atoms with Gasteiger partial charge in [-0.3, -0.25) is 4.79 Å². The van der Waals surface area contributed by atoms with Gasteiger partial charge in [-0.05, 0) is 36.8 Å². The maximum Gasteiger partial charge on any atom is 0.262 e. The van der Waals surface area contributed by atoms with E-state index in [-0.39, 0.29) is 17.2 Å². The summed E-state index contributed by atoms with van der Waals surface area (Å²) in [5.74, 6) is 0.456. The van der Waals surface area contributed by atoms with Gasteiger partial charge in [0.2, 0.25) is 0 Å². The smallest absolute Gasteiger partial charge is 0.262 e. The molecule has 138 valence electrons. The van der Waals surface area contributed by atoms with Crippen molar-refractivity contribution in [1.82, 2.24) is 0 Å². The molecule has 1 amide bonds. The average Bonchev–Trinajstić information content (AvgIpc) is 2.60. The van der Waals surface area contributed by atoms with Crippen molar-refractivity contribution in [1.29, 1.82) is 0 Å². The number of carbonyl (C=O) groups is 1. The van der Waals surface area contributed by atoms with Crippen LogP contribution >= 0.6 is 0 Å². The number of hydrogen-bond acceptors (Lipinski definition) is 5. The lowest BCUT2D eigenvalue weighted by atomic mass is 10.2. The number of methoxy groups -OCH3 is 1. The van der Waals surface area contributed by atoms with Crippen LogP contribution in [-0.2, 0) is 14.6 Å². The Morgan fingerprint density at radius 2 is 1.88 bits per heavy atom. The number of para-hydroxylation sites is 1. The Balaban J connectivity index is 2.09. The molecule has 0 radical (unpaired) electrons. The molecule has 0 aliphatic carbocycles. The fourth-order valence-electron chi connectivity index (χ4n) is 2.32. The molecule has 0 spiro atoms. The van der Waals surface area contributed by atoms with Crippen LogP contribution in [0.3, 0.4) is 0 Å². The molecule has 0 aliphatic rings. The van der Waals surface area contributed by atoms with Crippen LogP contribution in [0.5, 0.6) is 11.5 Å². The summed E-state index contributed by atoms with van der Waals surface area (Å²) in [5.41, 5.74) is 1.17. The average molecular weight is 375 g/mol. The van der Waals surface area contributed by atoms with E-state index in [0.29, 0.717) is 11.5 Å². The summed E-state index contributed by atoms with van der Waals surface area (Å²) in [4.78, 5) is 12.2. The SMILES string of the molecule is C/C=C/c1ccc(OCC(=O)Nc2ccccc2S(C)(=O)=O)c(OC)c1. The quantitative estimate of drug-likeness (QED) is 0.804. The Bertz CT molecular complexity index is 919. The predicted molar refractivity (Wildman–Crippen MR) is 101 cm³/mol. The van der Waals surface area contributed by atoms with Gasteiger partial charge in [-0.1, -0.05) is 30.4 Å². The van der Waals surface area contributed by atoms with Crippen molar-refractivity contribution in [2.24, 2.45) is 0 Å². The number of allylic oxidation sites excluding steroid dienone is 1. The predicted octanol–water partition coefficient (Wildman–Crippen LogP) is 3.15. The van der Waals surface area contributed by atoms with Gasteiger partial charge >= 0.3 is 0 Å². The number of carbonyl (C=O) groups excluding carboxylic acids is 1. The van der Waals surface area contributed by atoms with E-state index in [9.17, 15) is 13.2 Å².